The monoisotopic (exact) mass is 366 g/mol. The van der Waals surface area contributed by atoms with Gasteiger partial charge < -0.3 is 0 Å². The van der Waals surface area contributed by atoms with Gasteiger partial charge in [0, 0.05) is 45.0 Å². The van der Waals surface area contributed by atoms with Crippen LogP contribution in [-0.2, 0) is 0 Å². The van der Waals surface area contributed by atoms with Crippen molar-refractivity contribution in [2.45, 2.75) is 10.5 Å². The molecule has 0 saturated heterocycles. The van der Waals surface area contributed by atoms with Gasteiger partial charge in [0.05, 0.1) is 0 Å². The first-order valence-corrected chi connectivity index (χ1v) is 11.3. The summed E-state index contributed by atoms with van der Waals surface area (Å²) in [6, 6.07) is 0. The molecule has 2 atom stereocenters. The first kappa shape index (κ1) is 19.4. The van der Waals surface area contributed by atoms with Gasteiger partial charge in [-0.3, -0.25) is 0 Å². The highest BCUT2D eigenvalue weighted by molar-refractivity contribution is 8.06. The maximum atomic E-state index is 4.44. The van der Waals surface area contributed by atoms with Crippen LogP contribution in [-0.4, -0.2) is 56.5 Å². The highest BCUT2D eigenvalue weighted by Crippen LogP contribution is 2.26. The topological polar surface area (TPSA) is 0 Å². The van der Waals surface area contributed by atoms with Crippen molar-refractivity contribution in [3.05, 3.63) is 0 Å². The Kier molecular flexibility index (Phi) is 17.0. The first-order valence-electron chi connectivity index (χ1n) is 5.52. The fraction of sp³-hybridized carbons (Fsp3) is 1.00. The molecule has 0 aliphatic heterocycles. The van der Waals surface area contributed by atoms with Crippen molar-refractivity contribution in [3.63, 3.8) is 0 Å². The van der Waals surface area contributed by atoms with Crippen LogP contribution in [0, 0.1) is 0 Å². The largest absolute Gasteiger partial charge is 0.179 e. The first-order chi connectivity index (χ1) is 8.28. The Balaban J connectivity index is 3.77. The van der Waals surface area contributed by atoms with Crippen molar-refractivity contribution in [1.29, 1.82) is 0 Å². The number of hydrogen-bond donors (Lipinski definition) is 4. The van der Waals surface area contributed by atoms with Gasteiger partial charge in [-0.2, -0.15) is 85.8 Å². The third-order valence-electron chi connectivity index (χ3n) is 1.87. The van der Waals surface area contributed by atoms with E-state index >= 15 is 0 Å². The van der Waals surface area contributed by atoms with Gasteiger partial charge in [-0.15, -0.1) is 0 Å². The zero-order chi connectivity index (χ0) is 12.9. The molecule has 0 aromatic rings. The fourth-order valence-electron chi connectivity index (χ4n) is 1.10. The molecule has 0 bridgehead atoms. The zero-order valence-corrected chi connectivity index (χ0v) is 15.9. The average molecular weight is 367 g/mol. The normalized spacial score (nSPS) is 14.8. The molecule has 0 saturated carbocycles. The molecule has 0 aliphatic rings. The van der Waals surface area contributed by atoms with E-state index in [1.807, 2.05) is 35.3 Å². The van der Waals surface area contributed by atoms with E-state index < -0.39 is 0 Å². The lowest BCUT2D eigenvalue weighted by molar-refractivity contribution is 1.09. The van der Waals surface area contributed by atoms with Crippen LogP contribution in [0.4, 0.5) is 0 Å². The highest BCUT2D eigenvalue weighted by atomic mass is 32.2. The van der Waals surface area contributed by atoms with Crippen LogP contribution < -0.4 is 0 Å². The van der Waals surface area contributed by atoms with Crippen molar-refractivity contribution in [1.82, 2.24) is 0 Å². The summed E-state index contributed by atoms with van der Waals surface area (Å²) in [7, 11) is 0. The van der Waals surface area contributed by atoms with Gasteiger partial charge in [0.25, 0.3) is 0 Å². The number of thiol groups is 4. The quantitative estimate of drug-likeness (QED) is 0.308. The molecule has 0 aromatic heterocycles. The third kappa shape index (κ3) is 11.9. The van der Waals surface area contributed by atoms with E-state index in [-0.39, 0.29) is 0 Å². The van der Waals surface area contributed by atoms with Crippen LogP contribution in [0.3, 0.4) is 0 Å². The Labute approximate surface area is 141 Å². The SMILES string of the molecule is SCCSC[C@H](CS)S[C@@H](CS)CSCCS. The smallest absolute Gasteiger partial charge is 0.0229 e. The average Bonchev–Trinajstić information content (AvgIpc) is 2.36. The molecule has 0 spiro atoms. The van der Waals surface area contributed by atoms with E-state index in [0.717, 1.165) is 34.5 Å². The maximum Gasteiger partial charge on any atom is 0.0229 e. The van der Waals surface area contributed by atoms with Crippen LogP contribution in [0.15, 0.2) is 0 Å². The Morgan fingerprint density at radius 3 is 1.41 bits per heavy atom. The van der Waals surface area contributed by atoms with Gasteiger partial charge >= 0.3 is 0 Å². The number of hydrogen-bond acceptors (Lipinski definition) is 7. The van der Waals surface area contributed by atoms with Gasteiger partial charge in [0.1, 0.15) is 0 Å². The van der Waals surface area contributed by atoms with Crippen LogP contribution in [0.25, 0.3) is 0 Å². The minimum Gasteiger partial charge on any atom is -0.179 e. The molecule has 0 amide bonds. The summed E-state index contributed by atoms with van der Waals surface area (Å²) in [6.07, 6.45) is 0. The second-order valence-electron chi connectivity index (χ2n) is 3.34. The molecular formula is C10H22S7. The maximum absolute atomic E-state index is 4.44. The van der Waals surface area contributed by atoms with Gasteiger partial charge in [0.15, 0.2) is 0 Å². The van der Waals surface area contributed by atoms with E-state index in [1.54, 1.807) is 0 Å². The predicted octanol–water partition coefficient (Wildman–Crippen LogP) is 3.64. The Morgan fingerprint density at radius 2 is 1.12 bits per heavy atom. The number of thioether (sulfide) groups is 3. The predicted molar refractivity (Wildman–Crippen MR) is 105 cm³/mol. The molecule has 0 fully saturated rings. The highest BCUT2D eigenvalue weighted by Gasteiger charge is 2.15. The van der Waals surface area contributed by atoms with E-state index in [2.05, 4.69) is 50.5 Å². The van der Waals surface area contributed by atoms with Gasteiger partial charge in [0.2, 0.25) is 0 Å². The second kappa shape index (κ2) is 14.9. The summed E-state index contributed by atoms with van der Waals surface area (Å²) in [5.74, 6) is 8.44. The van der Waals surface area contributed by atoms with Crippen LogP contribution in [0.5, 0.6) is 0 Å². The summed E-state index contributed by atoms with van der Waals surface area (Å²) in [6.45, 7) is 0. The van der Waals surface area contributed by atoms with Gasteiger partial charge in [-0.05, 0) is 11.5 Å². The Hall–Kier alpha value is 2.45. The molecular weight excluding hydrogens is 345 g/mol. The fourth-order valence-corrected chi connectivity index (χ4v) is 6.27. The van der Waals surface area contributed by atoms with Crippen molar-refractivity contribution in [3.8, 4) is 0 Å². The van der Waals surface area contributed by atoms with E-state index in [0.29, 0.717) is 10.5 Å². The third-order valence-corrected chi connectivity index (χ3v) is 8.42. The molecule has 0 radical (unpaired) electrons. The Bertz CT molecular complexity index is 140. The van der Waals surface area contributed by atoms with Crippen LogP contribution >= 0.6 is 85.8 Å². The molecule has 0 heterocycles. The van der Waals surface area contributed by atoms with E-state index in [1.165, 1.54) is 11.5 Å². The summed E-state index contributed by atoms with van der Waals surface area (Å²) in [4.78, 5) is 0. The number of rotatable bonds is 12. The molecule has 0 aliphatic carbocycles. The van der Waals surface area contributed by atoms with Crippen LogP contribution in [0.1, 0.15) is 0 Å². The summed E-state index contributed by atoms with van der Waals surface area (Å²) >= 11 is 23.3. The minimum atomic E-state index is 0.636. The lowest BCUT2D eigenvalue weighted by Crippen LogP contribution is -2.19. The lowest BCUT2D eigenvalue weighted by atomic mass is 10.5. The molecule has 104 valence electrons. The van der Waals surface area contributed by atoms with Crippen molar-refractivity contribution in [2.75, 3.05) is 46.0 Å². The zero-order valence-electron chi connectivity index (χ0n) is 9.83. The summed E-state index contributed by atoms with van der Waals surface area (Å²) in [5, 5.41) is 1.27. The van der Waals surface area contributed by atoms with E-state index in [9.17, 15) is 0 Å². The van der Waals surface area contributed by atoms with E-state index in [4.69, 9.17) is 0 Å². The second-order valence-corrected chi connectivity index (χ2v) is 8.87. The molecule has 0 N–H and O–H groups in total. The molecule has 7 heteroatoms. The molecule has 0 nitrogen and oxygen atoms in total. The molecule has 0 unspecified atom stereocenters. The molecule has 17 heavy (non-hydrogen) atoms. The molecule has 0 rings (SSSR count). The van der Waals surface area contributed by atoms with Crippen LogP contribution in [0.2, 0.25) is 0 Å². The molecule has 0 aromatic carbocycles. The summed E-state index contributed by atoms with van der Waals surface area (Å²) < 4.78 is 0. The summed E-state index contributed by atoms with van der Waals surface area (Å²) in [5.41, 5.74) is 0. The Morgan fingerprint density at radius 1 is 0.706 bits per heavy atom. The lowest BCUT2D eigenvalue weighted by Gasteiger charge is -2.20. The van der Waals surface area contributed by atoms with Gasteiger partial charge in [-0.25, -0.2) is 0 Å². The van der Waals surface area contributed by atoms with Crippen molar-refractivity contribution in [2.24, 2.45) is 0 Å². The van der Waals surface area contributed by atoms with Crippen molar-refractivity contribution >= 4 is 85.8 Å². The standard InChI is InChI=1S/C10H22S7/c11-1-3-15-7-9(5-13)17-10(6-14)8-16-4-2-12/h9-14H,1-8H2/t9-,10-/m0/s1. The van der Waals surface area contributed by atoms with Gasteiger partial charge in [-0.1, -0.05) is 0 Å². The van der Waals surface area contributed by atoms with Crippen molar-refractivity contribution < 1.29 is 0 Å². The minimum absolute atomic E-state index is 0.636.